The summed E-state index contributed by atoms with van der Waals surface area (Å²) in [5.41, 5.74) is 2.02. The third kappa shape index (κ3) is 1.20. The number of hydrogen-bond acceptors (Lipinski definition) is 2. The Morgan fingerprint density at radius 3 is 2.50 bits per heavy atom. The summed E-state index contributed by atoms with van der Waals surface area (Å²) < 4.78 is 1.63. The highest BCUT2D eigenvalue weighted by atomic mass is 15.1. The van der Waals surface area contributed by atoms with Gasteiger partial charge in [0.25, 0.3) is 0 Å². The Morgan fingerprint density at radius 2 is 2.08 bits per heavy atom. The average Bonchev–Trinajstić information content (AvgIpc) is 2.40. The molecule has 0 atom stereocenters. The van der Waals surface area contributed by atoms with Gasteiger partial charge in [0.05, 0.1) is 11.4 Å². The largest absolute Gasteiger partial charge is 0.237 e. The molecule has 0 saturated carbocycles. The lowest BCUT2D eigenvalue weighted by atomic mass is 10.3. The van der Waals surface area contributed by atoms with Crippen molar-refractivity contribution in [2.45, 2.75) is 33.6 Å². The summed E-state index contributed by atoms with van der Waals surface area (Å²) in [4.78, 5) is 4.31. The van der Waals surface area contributed by atoms with Crippen LogP contribution in [0.25, 0.3) is 0 Å². The van der Waals surface area contributed by atoms with Gasteiger partial charge in [0, 0.05) is 6.42 Å². The minimum absolute atomic E-state index is 0.814. The summed E-state index contributed by atoms with van der Waals surface area (Å²) in [6.45, 7) is 6.00. The number of imidazole rings is 1. The van der Waals surface area contributed by atoms with Gasteiger partial charge in [-0.1, -0.05) is 13.8 Å². The number of aromatic nitrogens is 2. The number of nitriles is 1. The van der Waals surface area contributed by atoms with Crippen LogP contribution in [0.1, 0.15) is 31.1 Å². The van der Waals surface area contributed by atoms with E-state index in [0.29, 0.717) is 0 Å². The molecule has 1 heterocycles. The molecule has 0 aromatic carbocycles. The second-order valence-electron chi connectivity index (χ2n) is 2.70. The first-order valence-corrected chi connectivity index (χ1v) is 4.21. The summed E-state index contributed by atoms with van der Waals surface area (Å²) >= 11 is 0. The van der Waals surface area contributed by atoms with E-state index in [1.807, 2.05) is 20.8 Å². The first-order chi connectivity index (χ1) is 5.74. The maximum atomic E-state index is 8.85. The lowest BCUT2D eigenvalue weighted by Crippen LogP contribution is -1.99. The third-order valence-electron chi connectivity index (χ3n) is 1.99. The summed E-state index contributed by atoms with van der Waals surface area (Å²) in [6, 6.07) is 0. The fourth-order valence-corrected chi connectivity index (χ4v) is 1.39. The van der Waals surface area contributed by atoms with E-state index in [1.165, 1.54) is 0 Å². The summed E-state index contributed by atoms with van der Waals surface area (Å²) in [7, 11) is 0. The average molecular weight is 163 g/mol. The molecule has 0 amide bonds. The number of aryl methyl sites for hydroxylation is 2. The van der Waals surface area contributed by atoms with Crippen LogP contribution in [0.5, 0.6) is 0 Å². The maximum absolute atomic E-state index is 8.85. The van der Waals surface area contributed by atoms with Crippen LogP contribution in [0.3, 0.4) is 0 Å². The van der Waals surface area contributed by atoms with Crippen LogP contribution < -0.4 is 0 Å². The molecule has 0 aliphatic heterocycles. The summed E-state index contributed by atoms with van der Waals surface area (Å²) in [5, 5.41) is 8.85. The van der Waals surface area contributed by atoms with Crippen molar-refractivity contribution in [3.05, 3.63) is 17.2 Å². The fraction of sp³-hybridized carbons (Fsp3) is 0.556. The van der Waals surface area contributed by atoms with Crippen LogP contribution >= 0.6 is 0 Å². The summed E-state index contributed by atoms with van der Waals surface area (Å²) in [6.07, 6.45) is 3.82. The van der Waals surface area contributed by atoms with Gasteiger partial charge >= 0.3 is 0 Å². The highest BCUT2D eigenvalue weighted by molar-refractivity contribution is 5.20. The van der Waals surface area contributed by atoms with Gasteiger partial charge < -0.3 is 0 Å². The quantitative estimate of drug-likeness (QED) is 0.665. The van der Waals surface area contributed by atoms with Crippen molar-refractivity contribution in [1.29, 1.82) is 5.26 Å². The summed E-state index contributed by atoms with van der Waals surface area (Å²) in [5.74, 6) is 0.867. The van der Waals surface area contributed by atoms with E-state index < -0.39 is 0 Å². The van der Waals surface area contributed by atoms with E-state index in [-0.39, 0.29) is 0 Å². The van der Waals surface area contributed by atoms with Gasteiger partial charge in [-0.25, -0.2) is 9.55 Å². The van der Waals surface area contributed by atoms with E-state index >= 15 is 0 Å². The van der Waals surface area contributed by atoms with Crippen molar-refractivity contribution < 1.29 is 0 Å². The number of rotatable bonds is 2. The Labute approximate surface area is 72.7 Å². The van der Waals surface area contributed by atoms with Crippen molar-refractivity contribution in [2.24, 2.45) is 0 Å². The normalized spacial score (nSPS) is 9.83. The lowest BCUT2D eigenvalue weighted by Gasteiger charge is -1.97. The highest BCUT2D eigenvalue weighted by Crippen LogP contribution is 2.10. The lowest BCUT2D eigenvalue weighted by molar-refractivity contribution is 0.858. The Bertz CT molecular complexity index is 317. The molecule has 0 aliphatic rings. The Morgan fingerprint density at radius 1 is 1.42 bits per heavy atom. The van der Waals surface area contributed by atoms with Gasteiger partial charge in [-0.2, -0.15) is 5.26 Å². The molecular formula is C9H13N3. The molecule has 1 aromatic rings. The van der Waals surface area contributed by atoms with E-state index in [4.69, 9.17) is 5.26 Å². The maximum Gasteiger partial charge on any atom is 0.190 e. The molecule has 0 bridgehead atoms. The number of hydrogen-bond donors (Lipinski definition) is 0. The van der Waals surface area contributed by atoms with E-state index in [9.17, 15) is 0 Å². The molecule has 0 spiro atoms. The van der Waals surface area contributed by atoms with Crippen molar-refractivity contribution >= 4 is 0 Å². The molecule has 64 valence electrons. The van der Waals surface area contributed by atoms with Crippen LogP contribution in [-0.2, 0) is 12.8 Å². The first kappa shape index (κ1) is 8.79. The molecule has 0 aliphatic carbocycles. The number of nitrogens with zero attached hydrogens (tertiary/aromatic N) is 3. The zero-order valence-corrected chi connectivity index (χ0v) is 7.76. The van der Waals surface area contributed by atoms with Crippen LogP contribution in [0.2, 0.25) is 0 Å². The van der Waals surface area contributed by atoms with Crippen molar-refractivity contribution in [1.82, 2.24) is 9.55 Å². The Kier molecular flexibility index (Phi) is 2.49. The molecule has 3 nitrogen and oxygen atoms in total. The zero-order chi connectivity index (χ0) is 9.14. The Balaban J connectivity index is 3.28. The van der Waals surface area contributed by atoms with Crippen molar-refractivity contribution in [2.75, 3.05) is 0 Å². The van der Waals surface area contributed by atoms with E-state index in [2.05, 4.69) is 11.2 Å². The molecule has 0 unspecified atom stereocenters. The predicted octanol–water partition coefficient (Wildman–Crippen LogP) is 1.65. The van der Waals surface area contributed by atoms with Gasteiger partial charge in [0.2, 0.25) is 0 Å². The van der Waals surface area contributed by atoms with Gasteiger partial charge in [-0.05, 0) is 13.3 Å². The van der Waals surface area contributed by atoms with Gasteiger partial charge in [-0.3, -0.25) is 0 Å². The predicted molar refractivity (Wildman–Crippen MR) is 46.7 cm³/mol. The third-order valence-corrected chi connectivity index (χ3v) is 1.99. The molecule has 1 aromatic heterocycles. The zero-order valence-electron chi connectivity index (χ0n) is 7.76. The molecule has 0 fully saturated rings. The van der Waals surface area contributed by atoms with Gasteiger partial charge in [0.15, 0.2) is 6.19 Å². The SMILES string of the molecule is CCc1nc(C)c(CC)n1C#N. The van der Waals surface area contributed by atoms with Gasteiger partial charge in [-0.15, -0.1) is 0 Å². The smallest absolute Gasteiger partial charge is 0.190 e. The second-order valence-corrected chi connectivity index (χ2v) is 2.70. The van der Waals surface area contributed by atoms with Crippen LogP contribution in [0.4, 0.5) is 0 Å². The molecule has 0 N–H and O–H groups in total. The van der Waals surface area contributed by atoms with E-state index in [0.717, 1.165) is 30.1 Å². The molecule has 12 heavy (non-hydrogen) atoms. The van der Waals surface area contributed by atoms with Crippen LogP contribution in [-0.4, -0.2) is 9.55 Å². The van der Waals surface area contributed by atoms with E-state index in [1.54, 1.807) is 4.57 Å². The van der Waals surface area contributed by atoms with Crippen LogP contribution in [0.15, 0.2) is 0 Å². The molecule has 0 radical (unpaired) electrons. The minimum Gasteiger partial charge on any atom is -0.237 e. The standard InChI is InChI=1S/C9H13N3/c1-4-8-7(3)11-9(5-2)12(8)6-10/h4-5H2,1-3H3. The molecule has 1 rings (SSSR count). The molecule has 3 heteroatoms. The van der Waals surface area contributed by atoms with Crippen molar-refractivity contribution in [3.8, 4) is 6.19 Å². The second kappa shape index (κ2) is 3.40. The fourth-order valence-electron chi connectivity index (χ4n) is 1.39. The minimum atomic E-state index is 0.814. The van der Waals surface area contributed by atoms with Crippen molar-refractivity contribution in [3.63, 3.8) is 0 Å². The first-order valence-electron chi connectivity index (χ1n) is 4.21. The topological polar surface area (TPSA) is 41.6 Å². The highest BCUT2D eigenvalue weighted by Gasteiger charge is 2.10. The monoisotopic (exact) mass is 163 g/mol. The van der Waals surface area contributed by atoms with Gasteiger partial charge in [0.1, 0.15) is 5.82 Å². The Hall–Kier alpha value is -1.30. The molecule has 0 saturated heterocycles. The molecular weight excluding hydrogens is 150 g/mol. The van der Waals surface area contributed by atoms with Crippen LogP contribution in [0, 0.1) is 18.4 Å².